The molecule has 88 valence electrons. The molecule has 0 aliphatic carbocycles. The summed E-state index contributed by atoms with van der Waals surface area (Å²) in [6.45, 7) is 2.11. The summed E-state index contributed by atoms with van der Waals surface area (Å²) >= 11 is 0. The number of hydrogen-bond acceptors (Lipinski definition) is 2. The maximum Gasteiger partial charge on any atom is 0.330 e. The van der Waals surface area contributed by atoms with Gasteiger partial charge in [0.2, 0.25) is 0 Å². The first-order valence-corrected chi connectivity index (χ1v) is 5.61. The van der Waals surface area contributed by atoms with Gasteiger partial charge in [-0.05, 0) is 30.2 Å². The van der Waals surface area contributed by atoms with Crippen molar-refractivity contribution < 1.29 is 9.53 Å². The molecule has 0 atom stereocenters. The van der Waals surface area contributed by atoms with E-state index in [2.05, 4.69) is 23.5 Å². The number of ether oxygens (including phenoxy) is 1. The Kier molecular flexibility index (Phi) is 5.60. The summed E-state index contributed by atoms with van der Waals surface area (Å²) < 4.78 is 4.51. The van der Waals surface area contributed by atoms with Crippen molar-refractivity contribution >= 4 is 12.0 Å². The minimum Gasteiger partial charge on any atom is -0.466 e. The second-order valence-electron chi connectivity index (χ2n) is 3.53. The largest absolute Gasteiger partial charge is 0.466 e. The highest BCUT2D eigenvalue weighted by atomic mass is 16.5. The third-order valence-corrected chi connectivity index (χ3v) is 2.13. The van der Waals surface area contributed by atoms with Gasteiger partial charge in [-0.25, -0.2) is 4.79 Å². The van der Waals surface area contributed by atoms with Crippen molar-refractivity contribution in [2.75, 3.05) is 7.11 Å². The first kappa shape index (κ1) is 13.1. The van der Waals surface area contributed by atoms with Crippen LogP contribution in [0.15, 0.2) is 30.3 Å². The summed E-state index contributed by atoms with van der Waals surface area (Å²) in [7, 11) is 1.36. The summed E-state index contributed by atoms with van der Waals surface area (Å²) in [4.78, 5) is 10.9. The van der Waals surface area contributed by atoms with E-state index in [1.807, 2.05) is 24.3 Å². The molecular formula is C15H16O2. The van der Waals surface area contributed by atoms with Crippen LogP contribution in [0.3, 0.4) is 0 Å². The van der Waals surface area contributed by atoms with Gasteiger partial charge in [-0.1, -0.05) is 30.9 Å². The van der Waals surface area contributed by atoms with Gasteiger partial charge in [0.25, 0.3) is 0 Å². The third-order valence-electron chi connectivity index (χ3n) is 2.13. The predicted molar refractivity (Wildman–Crippen MR) is 69.3 cm³/mol. The maximum absolute atomic E-state index is 10.9. The first-order valence-electron chi connectivity index (χ1n) is 5.61. The molecule has 1 aromatic carbocycles. The second kappa shape index (κ2) is 7.29. The molecule has 0 saturated heterocycles. The number of carbonyl (C=O) groups is 1. The topological polar surface area (TPSA) is 26.3 Å². The molecule has 0 aliphatic heterocycles. The Balaban J connectivity index is 2.66. The Hall–Kier alpha value is -2.01. The van der Waals surface area contributed by atoms with Crippen LogP contribution in [0.4, 0.5) is 0 Å². The van der Waals surface area contributed by atoms with Gasteiger partial charge in [-0.2, -0.15) is 0 Å². The highest BCUT2D eigenvalue weighted by Gasteiger charge is 1.92. The van der Waals surface area contributed by atoms with Gasteiger partial charge in [0.1, 0.15) is 0 Å². The average molecular weight is 228 g/mol. The minimum absolute atomic E-state index is 0.350. The van der Waals surface area contributed by atoms with Crippen LogP contribution in [-0.4, -0.2) is 13.1 Å². The highest BCUT2D eigenvalue weighted by Crippen LogP contribution is 2.05. The predicted octanol–water partition coefficient (Wildman–Crippen LogP) is 3.02. The van der Waals surface area contributed by atoms with Crippen LogP contribution in [-0.2, 0) is 9.53 Å². The van der Waals surface area contributed by atoms with E-state index in [0.29, 0.717) is 0 Å². The quantitative estimate of drug-likeness (QED) is 0.451. The van der Waals surface area contributed by atoms with Crippen LogP contribution in [0.5, 0.6) is 0 Å². The zero-order chi connectivity index (χ0) is 12.5. The number of esters is 1. The molecule has 0 spiro atoms. The van der Waals surface area contributed by atoms with Gasteiger partial charge in [0, 0.05) is 18.1 Å². The minimum atomic E-state index is -0.350. The van der Waals surface area contributed by atoms with Crippen molar-refractivity contribution in [1.29, 1.82) is 0 Å². The number of rotatable bonds is 3. The lowest BCUT2D eigenvalue weighted by molar-refractivity contribution is -0.134. The Morgan fingerprint density at radius 3 is 2.65 bits per heavy atom. The van der Waals surface area contributed by atoms with E-state index in [9.17, 15) is 4.79 Å². The van der Waals surface area contributed by atoms with E-state index in [4.69, 9.17) is 0 Å². The molecule has 0 aliphatic rings. The van der Waals surface area contributed by atoms with E-state index in [0.717, 1.165) is 24.0 Å². The zero-order valence-electron chi connectivity index (χ0n) is 10.2. The molecule has 2 nitrogen and oxygen atoms in total. The highest BCUT2D eigenvalue weighted by molar-refractivity contribution is 5.86. The molecule has 17 heavy (non-hydrogen) atoms. The third kappa shape index (κ3) is 5.03. The zero-order valence-corrected chi connectivity index (χ0v) is 10.2. The summed E-state index contributed by atoms with van der Waals surface area (Å²) in [5.74, 6) is 5.82. The summed E-state index contributed by atoms with van der Waals surface area (Å²) in [6.07, 6.45) is 5.11. The normalized spacial score (nSPS) is 9.76. The molecule has 0 N–H and O–H groups in total. The lowest BCUT2D eigenvalue weighted by Crippen LogP contribution is -1.93. The molecule has 0 fully saturated rings. The molecule has 2 heteroatoms. The monoisotopic (exact) mass is 228 g/mol. The van der Waals surface area contributed by atoms with Crippen molar-refractivity contribution in [1.82, 2.24) is 0 Å². The van der Waals surface area contributed by atoms with Gasteiger partial charge in [0.15, 0.2) is 0 Å². The molecule has 0 aromatic heterocycles. The number of unbranched alkanes of at least 4 members (excludes halogenated alkanes) is 1. The lowest BCUT2D eigenvalue weighted by Gasteiger charge is -1.94. The molecular weight excluding hydrogens is 212 g/mol. The Morgan fingerprint density at radius 1 is 1.35 bits per heavy atom. The fraction of sp³-hybridized carbons (Fsp3) is 0.267. The van der Waals surface area contributed by atoms with Crippen LogP contribution in [0.2, 0.25) is 0 Å². The number of carbonyl (C=O) groups excluding carboxylic acids is 1. The number of benzene rings is 1. The van der Waals surface area contributed by atoms with E-state index < -0.39 is 0 Å². The van der Waals surface area contributed by atoms with E-state index in [-0.39, 0.29) is 5.97 Å². The standard InChI is InChI=1S/C15H16O2/c1-3-4-5-6-13-7-9-14(10-8-13)11-12-15(16)17-2/h7-12H,3-4H2,1-2H3/b12-11+. The molecule has 0 heterocycles. The van der Waals surface area contributed by atoms with Crippen molar-refractivity contribution in [3.8, 4) is 11.8 Å². The average Bonchev–Trinajstić information content (AvgIpc) is 2.37. The van der Waals surface area contributed by atoms with Crippen LogP contribution >= 0.6 is 0 Å². The van der Waals surface area contributed by atoms with Crippen molar-refractivity contribution in [3.05, 3.63) is 41.5 Å². The van der Waals surface area contributed by atoms with Gasteiger partial charge in [0.05, 0.1) is 7.11 Å². The lowest BCUT2D eigenvalue weighted by atomic mass is 10.1. The Bertz CT molecular complexity index is 444. The summed E-state index contributed by atoms with van der Waals surface area (Å²) in [5, 5.41) is 0. The van der Waals surface area contributed by atoms with Gasteiger partial charge in [-0.3, -0.25) is 0 Å². The van der Waals surface area contributed by atoms with Crippen molar-refractivity contribution in [3.63, 3.8) is 0 Å². The second-order valence-corrected chi connectivity index (χ2v) is 3.53. The molecule has 1 rings (SSSR count). The fourth-order valence-corrected chi connectivity index (χ4v) is 1.20. The van der Waals surface area contributed by atoms with E-state index >= 15 is 0 Å². The molecule has 1 aromatic rings. The van der Waals surface area contributed by atoms with Crippen LogP contribution in [0.25, 0.3) is 6.08 Å². The fourth-order valence-electron chi connectivity index (χ4n) is 1.20. The van der Waals surface area contributed by atoms with Gasteiger partial charge in [-0.15, -0.1) is 0 Å². The number of hydrogen-bond donors (Lipinski definition) is 0. The van der Waals surface area contributed by atoms with Crippen LogP contribution in [0.1, 0.15) is 30.9 Å². The molecule has 0 unspecified atom stereocenters. The molecule has 0 saturated carbocycles. The molecule has 0 amide bonds. The summed E-state index contributed by atoms with van der Waals surface area (Å²) in [6, 6.07) is 7.74. The van der Waals surface area contributed by atoms with Gasteiger partial charge >= 0.3 is 5.97 Å². The molecule has 0 radical (unpaired) electrons. The van der Waals surface area contributed by atoms with Crippen molar-refractivity contribution in [2.24, 2.45) is 0 Å². The first-order chi connectivity index (χ1) is 8.26. The summed E-state index contributed by atoms with van der Waals surface area (Å²) in [5.41, 5.74) is 1.95. The molecule has 0 bridgehead atoms. The smallest absolute Gasteiger partial charge is 0.330 e. The van der Waals surface area contributed by atoms with E-state index in [1.165, 1.54) is 13.2 Å². The maximum atomic E-state index is 10.9. The van der Waals surface area contributed by atoms with Crippen molar-refractivity contribution in [2.45, 2.75) is 19.8 Å². The number of methoxy groups -OCH3 is 1. The Morgan fingerprint density at radius 2 is 2.06 bits per heavy atom. The van der Waals surface area contributed by atoms with Gasteiger partial charge < -0.3 is 4.74 Å². The van der Waals surface area contributed by atoms with Crippen LogP contribution < -0.4 is 0 Å². The van der Waals surface area contributed by atoms with Crippen LogP contribution in [0, 0.1) is 11.8 Å². The Labute approximate surface area is 102 Å². The van der Waals surface area contributed by atoms with E-state index in [1.54, 1.807) is 6.08 Å². The SMILES string of the molecule is CCCC#Cc1ccc(/C=C/C(=O)OC)cc1.